The third-order valence-electron chi connectivity index (χ3n) is 2.11. The predicted molar refractivity (Wildman–Crippen MR) is 59.1 cm³/mol. The summed E-state index contributed by atoms with van der Waals surface area (Å²) in [4.78, 5) is 11.1. The van der Waals surface area contributed by atoms with Crippen molar-refractivity contribution >= 4 is 18.6 Å². The number of hydrogen-bond acceptors (Lipinski definition) is 3. The second-order valence-corrected chi connectivity index (χ2v) is 3.67. The van der Waals surface area contributed by atoms with E-state index in [1.807, 2.05) is 6.92 Å². The molecule has 0 bridgehead atoms. The molecule has 0 unspecified atom stereocenters. The molecule has 78 valence electrons. The number of carboxylic acid groups (broad SMARTS) is 1. The molecule has 0 aromatic heterocycles. The molecule has 1 N–H and O–H groups in total. The van der Waals surface area contributed by atoms with Crippen molar-refractivity contribution in [2.24, 2.45) is 0 Å². The Labute approximate surface area is 93.8 Å². The lowest BCUT2D eigenvalue weighted by Gasteiger charge is -2.06. The lowest BCUT2D eigenvalue weighted by atomic mass is 10.0. The summed E-state index contributed by atoms with van der Waals surface area (Å²) >= 11 is 4.18. The Morgan fingerprint density at radius 2 is 2.27 bits per heavy atom. The van der Waals surface area contributed by atoms with Gasteiger partial charge in [0.15, 0.2) is 0 Å². The van der Waals surface area contributed by atoms with Crippen LogP contribution in [0.5, 0.6) is 0 Å². The van der Waals surface area contributed by atoms with Gasteiger partial charge in [0.25, 0.3) is 0 Å². The first-order chi connectivity index (χ1) is 7.08. The zero-order valence-electron chi connectivity index (χ0n) is 8.32. The predicted octanol–water partition coefficient (Wildman–Crippen LogP) is 2.04. The smallest absolute Gasteiger partial charge is 0.307 e. The molecule has 0 radical (unpaired) electrons. The van der Waals surface area contributed by atoms with E-state index >= 15 is 0 Å². The highest BCUT2D eigenvalue weighted by Gasteiger charge is 2.09. The van der Waals surface area contributed by atoms with Gasteiger partial charge in [-0.15, -0.1) is 12.6 Å². The minimum absolute atomic E-state index is 0.0354. The maximum atomic E-state index is 10.5. The molecule has 15 heavy (non-hydrogen) atoms. The quantitative estimate of drug-likeness (QED) is 0.768. The van der Waals surface area contributed by atoms with Crippen molar-refractivity contribution in [3.8, 4) is 6.07 Å². The van der Waals surface area contributed by atoms with Gasteiger partial charge < -0.3 is 5.11 Å². The summed E-state index contributed by atoms with van der Waals surface area (Å²) in [7, 11) is 0. The van der Waals surface area contributed by atoms with Crippen molar-refractivity contribution in [3.05, 3.63) is 28.8 Å². The lowest BCUT2D eigenvalue weighted by molar-refractivity contribution is -0.136. The van der Waals surface area contributed by atoms with Crippen LogP contribution in [0, 0.1) is 11.3 Å². The second-order valence-electron chi connectivity index (χ2n) is 3.18. The summed E-state index contributed by atoms with van der Waals surface area (Å²) in [6.45, 7) is 1.92. The summed E-state index contributed by atoms with van der Waals surface area (Å²) in [6.07, 6.45) is 0.663. The van der Waals surface area contributed by atoms with Crippen LogP contribution >= 0.6 is 12.6 Å². The molecule has 1 aromatic rings. The number of hydrogen-bond donors (Lipinski definition) is 2. The molecular formula is C11H11NO2S. The van der Waals surface area contributed by atoms with Crippen molar-refractivity contribution in [1.29, 1.82) is 5.26 Å². The van der Waals surface area contributed by atoms with E-state index in [1.54, 1.807) is 12.1 Å². The van der Waals surface area contributed by atoms with Gasteiger partial charge in [0.1, 0.15) is 6.07 Å². The van der Waals surface area contributed by atoms with Gasteiger partial charge in [0.2, 0.25) is 0 Å². The number of rotatable bonds is 3. The van der Waals surface area contributed by atoms with Crippen molar-refractivity contribution in [3.63, 3.8) is 0 Å². The Kier molecular flexibility index (Phi) is 3.75. The van der Waals surface area contributed by atoms with Crippen LogP contribution in [0.1, 0.15) is 23.6 Å². The fraction of sp³-hybridized carbons (Fsp3) is 0.273. The molecule has 4 heteroatoms. The summed E-state index contributed by atoms with van der Waals surface area (Å²) in [6, 6.07) is 5.46. The van der Waals surface area contributed by atoms with Gasteiger partial charge in [0, 0.05) is 4.90 Å². The SMILES string of the molecule is CCc1cc(CC(=O)O)cc(S)c1C#N. The molecule has 0 fully saturated rings. The van der Waals surface area contributed by atoms with E-state index in [0.717, 1.165) is 5.56 Å². The van der Waals surface area contributed by atoms with E-state index < -0.39 is 5.97 Å². The first-order valence-corrected chi connectivity index (χ1v) is 4.99. The highest BCUT2D eigenvalue weighted by Crippen LogP contribution is 2.21. The standard InChI is InChI=1S/C11H11NO2S/c1-2-8-3-7(5-11(13)14)4-10(15)9(8)6-12/h3-4,15H,2,5H2,1H3,(H,13,14). The molecule has 0 heterocycles. The summed E-state index contributed by atoms with van der Waals surface area (Å²) in [5.74, 6) is -0.880. The second kappa shape index (κ2) is 4.85. The van der Waals surface area contributed by atoms with Crippen LogP contribution in [0.4, 0.5) is 0 Å². The lowest BCUT2D eigenvalue weighted by Crippen LogP contribution is -2.02. The van der Waals surface area contributed by atoms with Crippen molar-refractivity contribution in [2.45, 2.75) is 24.7 Å². The molecule has 0 spiro atoms. The number of aryl methyl sites for hydroxylation is 1. The van der Waals surface area contributed by atoms with Crippen LogP contribution in [0.2, 0.25) is 0 Å². The Morgan fingerprint density at radius 3 is 2.73 bits per heavy atom. The number of aliphatic carboxylic acids is 1. The van der Waals surface area contributed by atoms with Crippen LogP contribution in [0.3, 0.4) is 0 Å². The summed E-state index contributed by atoms with van der Waals surface area (Å²) < 4.78 is 0. The number of carbonyl (C=O) groups is 1. The van der Waals surface area contributed by atoms with Gasteiger partial charge >= 0.3 is 5.97 Å². The average molecular weight is 221 g/mol. The minimum Gasteiger partial charge on any atom is -0.481 e. The Morgan fingerprint density at radius 1 is 1.60 bits per heavy atom. The number of benzene rings is 1. The van der Waals surface area contributed by atoms with E-state index in [1.165, 1.54) is 0 Å². The number of nitriles is 1. The first-order valence-electron chi connectivity index (χ1n) is 4.55. The average Bonchev–Trinajstić information content (AvgIpc) is 2.15. The van der Waals surface area contributed by atoms with Crippen LogP contribution in [0.15, 0.2) is 17.0 Å². The third-order valence-corrected chi connectivity index (χ3v) is 2.46. The number of carboxylic acids is 1. The molecule has 1 aromatic carbocycles. The first kappa shape index (κ1) is 11.6. The minimum atomic E-state index is -0.880. The van der Waals surface area contributed by atoms with Gasteiger partial charge in [-0.3, -0.25) is 4.79 Å². The zero-order valence-corrected chi connectivity index (χ0v) is 9.21. The topological polar surface area (TPSA) is 61.1 Å². The van der Waals surface area contributed by atoms with Crippen molar-refractivity contribution < 1.29 is 9.90 Å². The number of thiol groups is 1. The fourth-order valence-electron chi connectivity index (χ4n) is 1.43. The Balaban J connectivity index is 3.21. The summed E-state index contributed by atoms with van der Waals surface area (Å²) in [5.41, 5.74) is 2.07. The molecule has 3 nitrogen and oxygen atoms in total. The molecule has 0 aliphatic heterocycles. The zero-order chi connectivity index (χ0) is 11.4. The maximum Gasteiger partial charge on any atom is 0.307 e. The number of nitrogens with zero attached hydrogens (tertiary/aromatic N) is 1. The normalized spacial score (nSPS) is 9.67. The van der Waals surface area contributed by atoms with E-state index in [-0.39, 0.29) is 6.42 Å². The largest absolute Gasteiger partial charge is 0.481 e. The highest BCUT2D eigenvalue weighted by atomic mass is 32.1. The van der Waals surface area contributed by atoms with E-state index in [9.17, 15) is 4.79 Å². The third kappa shape index (κ3) is 2.74. The molecule has 0 aliphatic rings. The fourth-order valence-corrected chi connectivity index (χ4v) is 1.79. The molecule has 1 rings (SSSR count). The van der Waals surface area contributed by atoms with Gasteiger partial charge in [-0.1, -0.05) is 13.0 Å². The van der Waals surface area contributed by atoms with Crippen LogP contribution < -0.4 is 0 Å². The van der Waals surface area contributed by atoms with Gasteiger partial charge in [-0.05, 0) is 23.6 Å². The Bertz CT molecular complexity index is 435. The van der Waals surface area contributed by atoms with E-state index in [2.05, 4.69) is 18.7 Å². The van der Waals surface area contributed by atoms with Crippen molar-refractivity contribution in [2.75, 3.05) is 0 Å². The van der Waals surface area contributed by atoms with E-state index in [0.29, 0.717) is 22.4 Å². The van der Waals surface area contributed by atoms with E-state index in [4.69, 9.17) is 10.4 Å². The molecule has 0 aliphatic carbocycles. The van der Waals surface area contributed by atoms with Crippen molar-refractivity contribution in [1.82, 2.24) is 0 Å². The molecule has 0 atom stereocenters. The monoisotopic (exact) mass is 221 g/mol. The van der Waals surface area contributed by atoms with Crippen LogP contribution in [-0.2, 0) is 17.6 Å². The molecular weight excluding hydrogens is 210 g/mol. The van der Waals surface area contributed by atoms with Crippen LogP contribution in [-0.4, -0.2) is 11.1 Å². The Hall–Kier alpha value is -1.47. The van der Waals surface area contributed by atoms with Gasteiger partial charge in [-0.25, -0.2) is 0 Å². The highest BCUT2D eigenvalue weighted by molar-refractivity contribution is 7.80. The molecule has 0 amide bonds. The molecule has 0 saturated carbocycles. The maximum absolute atomic E-state index is 10.5. The van der Waals surface area contributed by atoms with Gasteiger partial charge in [0.05, 0.1) is 12.0 Å². The van der Waals surface area contributed by atoms with Crippen LogP contribution in [0.25, 0.3) is 0 Å². The van der Waals surface area contributed by atoms with Gasteiger partial charge in [-0.2, -0.15) is 5.26 Å². The summed E-state index contributed by atoms with van der Waals surface area (Å²) in [5, 5.41) is 17.5. The molecule has 0 saturated heterocycles.